The Labute approximate surface area is 118 Å². The van der Waals surface area contributed by atoms with Crippen molar-refractivity contribution in [2.45, 2.75) is 58.9 Å². The van der Waals surface area contributed by atoms with Crippen molar-refractivity contribution in [1.29, 1.82) is 0 Å². The first-order valence-corrected chi connectivity index (χ1v) is 7.20. The molecule has 1 saturated carbocycles. The largest absolute Gasteiger partial charge is 0.481 e. The average Bonchev–Trinajstić information content (AvgIpc) is 3.07. The molecule has 3 atom stereocenters. The van der Waals surface area contributed by atoms with Gasteiger partial charge in [-0.2, -0.15) is 4.98 Å². The second-order valence-electron chi connectivity index (χ2n) is 5.76. The summed E-state index contributed by atoms with van der Waals surface area (Å²) < 4.78 is 1.71. The Morgan fingerprint density at radius 2 is 2.15 bits per heavy atom. The van der Waals surface area contributed by atoms with Gasteiger partial charge in [0.1, 0.15) is 0 Å². The number of carbonyl (C=O) groups is 1. The number of carboxylic acid groups (broad SMARTS) is 1. The molecule has 1 fully saturated rings. The standard InChI is InChI=1S/C15H22N2O3/c1-5-6-11-7-12(11)17-10(4)13(8(2)14(18)19)9(3)16-15(17)20/h8,11-12H,5-7H2,1-4H3,(H,18,19). The molecule has 1 aromatic heterocycles. The fraction of sp³-hybridized carbons (Fsp3) is 0.667. The maximum absolute atomic E-state index is 12.1. The normalized spacial score (nSPS) is 22.6. The van der Waals surface area contributed by atoms with Gasteiger partial charge in [0, 0.05) is 23.0 Å². The highest BCUT2D eigenvalue weighted by Gasteiger charge is 2.40. The van der Waals surface area contributed by atoms with Crippen LogP contribution in [0.4, 0.5) is 0 Å². The Morgan fingerprint density at radius 3 is 2.70 bits per heavy atom. The molecule has 110 valence electrons. The zero-order chi connectivity index (χ0) is 15.0. The minimum atomic E-state index is -0.885. The molecule has 3 unspecified atom stereocenters. The fourth-order valence-electron chi connectivity index (χ4n) is 3.16. The predicted octanol–water partition coefficient (Wildman–Crippen LogP) is 2.41. The van der Waals surface area contributed by atoms with E-state index in [1.165, 1.54) is 0 Å². The van der Waals surface area contributed by atoms with Gasteiger partial charge in [-0.15, -0.1) is 0 Å². The first-order chi connectivity index (χ1) is 9.38. The van der Waals surface area contributed by atoms with Gasteiger partial charge in [-0.3, -0.25) is 9.36 Å². The second-order valence-corrected chi connectivity index (χ2v) is 5.76. The van der Waals surface area contributed by atoms with Gasteiger partial charge in [-0.05, 0) is 39.5 Å². The lowest BCUT2D eigenvalue weighted by Crippen LogP contribution is -2.29. The van der Waals surface area contributed by atoms with Gasteiger partial charge in [-0.1, -0.05) is 13.3 Å². The SMILES string of the molecule is CCCC1CC1n1c(C)c(C(C)C(=O)O)c(C)nc1=O. The van der Waals surface area contributed by atoms with E-state index in [4.69, 9.17) is 0 Å². The lowest BCUT2D eigenvalue weighted by Gasteiger charge is -2.18. The molecule has 1 heterocycles. The van der Waals surface area contributed by atoms with Crippen LogP contribution in [-0.2, 0) is 4.79 Å². The van der Waals surface area contributed by atoms with E-state index >= 15 is 0 Å². The number of aromatic nitrogens is 2. The highest BCUT2D eigenvalue weighted by atomic mass is 16.4. The Bertz CT molecular complexity index is 592. The molecular weight excluding hydrogens is 256 g/mol. The molecule has 0 bridgehead atoms. The summed E-state index contributed by atoms with van der Waals surface area (Å²) in [5.74, 6) is -0.990. The van der Waals surface area contributed by atoms with Crippen LogP contribution in [0.1, 0.15) is 62.0 Å². The summed E-state index contributed by atoms with van der Waals surface area (Å²) in [6.45, 7) is 7.33. The van der Waals surface area contributed by atoms with Crippen LogP contribution in [0.2, 0.25) is 0 Å². The third-order valence-corrected chi connectivity index (χ3v) is 4.29. The first-order valence-electron chi connectivity index (χ1n) is 7.20. The van der Waals surface area contributed by atoms with E-state index in [0.717, 1.165) is 25.0 Å². The smallest absolute Gasteiger partial charge is 0.348 e. The van der Waals surface area contributed by atoms with E-state index in [2.05, 4.69) is 11.9 Å². The number of aryl methyl sites for hydroxylation is 1. The second kappa shape index (κ2) is 5.38. The quantitative estimate of drug-likeness (QED) is 0.897. The van der Waals surface area contributed by atoms with Crippen molar-refractivity contribution in [1.82, 2.24) is 9.55 Å². The Hall–Kier alpha value is -1.65. The van der Waals surface area contributed by atoms with E-state index < -0.39 is 11.9 Å². The summed E-state index contributed by atoms with van der Waals surface area (Å²) in [6.07, 6.45) is 3.21. The van der Waals surface area contributed by atoms with Gasteiger partial charge in [0.2, 0.25) is 0 Å². The molecule has 0 aromatic carbocycles. The molecule has 1 aliphatic carbocycles. The molecule has 0 spiro atoms. The highest BCUT2D eigenvalue weighted by Crippen LogP contribution is 2.46. The van der Waals surface area contributed by atoms with E-state index in [-0.39, 0.29) is 11.7 Å². The molecule has 5 nitrogen and oxygen atoms in total. The summed E-state index contributed by atoms with van der Waals surface area (Å²) in [6, 6.07) is 0.204. The first kappa shape index (κ1) is 14.8. The molecular formula is C15H22N2O3. The number of nitrogens with zero attached hydrogens (tertiary/aromatic N) is 2. The van der Waals surface area contributed by atoms with Crippen molar-refractivity contribution >= 4 is 5.97 Å². The molecule has 0 aliphatic heterocycles. The number of aliphatic carboxylic acids is 1. The number of hydrogen-bond donors (Lipinski definition) is 1. The summed E-state index contributed by atoms with van der Waals surface area (Å²) in [7, 11) is 0. The zero-order valence-corrected chi connectivity index (χ0v) is 12.5. The monoisotopic (exact) mass is 278 g/mol. The van der Waals surface area contributed by atoms with Gasteiger partial charge >= 0.3 is 11.7 Å². The summed E-state index contributed by atoms with van der Waals surface area (Å²) in [5, 5.41) is 9.22. The molecule has 1 aromatic rings. The maximum Gasteiger partial charge on any atom is 0.348 e. The van der Waals surface area contributed by atoms with Gasteiger partial charge in [0.15, 0.2) is 0 Å². The molecule has 20 heavy (non-hydrogen) atoms. The highest BCUT2D eigenvalue weighted by molar-refractivity contribution is 5.76. The molecule has 1 N–H and O–H groups in total. The third kappa shape index (κ3) is 2.49. The van der Waals surface area contributed by atoms with E-state index in [0.29, 0.717) is 17.2 Å². The fourth-order valence-corrected chi connectivity index (χ4v) is 3.16. The van der Waals surface area contributed by atoms with Gasteiger partial charge < -0.3 is 5.11 Å². The van der Waals surface area contributed by atoms with E-state index in [9.17, 15) is 14.7 Å². The van der Waals surface area contributed by atoms with Crippen LogP contribution in [0.3, 0.4) is 0 Å². The van der Waals surface area contributed by atoms with Crippen molar-refractivity contribution in [3.63, 3.8) is 0 Å². The van der Waals surface area contributed by atoms with Crippen LogP contribution in [0, 0.1) is 19.8 Å². The Kier molecular flexibility index (Phi) is 3.97. The zero-order valence-electron chi connectivity index (χ0n) is 12.5. The Morgan fingerprint density at radius 1 is 1.50 bits per heavy atom. The number of carboxylic acids is 1. The summed E-state index contributed by atoms with van der Waals surface area (Å²) in [4.78, 5) is 27.4. The number of hydrogen-bond acceptors (Lipinski definition) is 3. The van der Waals surface area contributed by atoms with Gasteiger partial charge in [0.05, 0.1) is 5.92 Å². The molecule has 5 heteroatoms. The van der Waals surface area contributed by atoms with Gasteiger partial charge in [0.25, 0.3) is 0 Å². The van der Waals surface area contributed by atoms with Gasteiger partial charge in [-0.25, -0.2) is 4.79 Å². The molecule has 1 aliphatic rings. The Balaban J connectivity index is 2.46. The predicted molar refractivity (Wildman–Crippen MR) is 76.1 cm³/mol. The minimum absolute atomic E-state index is 0.204. The topological polar surface area (TPSA) is 72.2 Å². The molecule has 0 saturated heterocycles. The van der Waals surface area contributed by atoms with Crippen molar-refractivity contribution in [3.05, 3.63) is 27.4 Å². The van der Waals surface area contributed by atoms with Crippen LogP contribution in [0.15, 0.2) is 4.79 Å². The van der Waals surface area contributed by atoms with Crippen LogP contribution in [-0.4, -0.2) is 20.6 Å². The van der Waals surface area contributed by atoms with Crippen LogP contribution >= 0.6 is 0 Å². The van der Waals surface area contributed by atoms with Crippen molar-refractivity contribution < 1.29 is 9.90 Å². The van der Waals surface area contributed by atoms with Crippen LogP contribution in [0.5, 0.6) is 0 Å². The minimum Gasteiger partial charge on any atom is -0.481 e. The summed E-state index contributed by atoms with van der Waals surface area (Å²) >= 11 is 0. The molecule has 0 radical (unpaired) electrons. The van der Waals surface area contributed by atoms with Crippen molar-refractivity contribution in [2.75, 3.05) is 0 Å². The maximum atomic E-state index is 12.1. The summed E-state index contributed by atoms with van der Waals surface area (Å²) in [5.41, 5.74) is 1.73. The molecule has 0 amide bonds. The van der Waals surface area contributed by atoms with Crippen molar-refractivity contribution in [2.24, 2.45) is 5.92 Å². The third-order valence-electron chi connectivity index (χ3n) is 4.29. The average molecular weight is 278 g/mol. The lowest BCUT2D eigenvalue weighted by atomic mass is 9.98. The lowest BCUT2D eigenvalue weighted by molar-refractivity contribution is -0.138. The van der Waals surface area contributed by atoms with Crippen molar-refractivity contribution in [3.8, 4) is 0 Å². The van der Waals surface area contributed by atoms with Crippen LogP contribution < -0.4 is 5.69 Å². The number of rotatable bonds is 5. The van der Waals surface area contributed by atoms with E-state index in [1.54, 1.807) is 18.4 Å². The molecule has 2 rings (SSSR count). The van der Waals surface area contributed by atoms with E-state index in [1.807, 2.05) is 6.92 Å². The van der Waals surface area contributed by atoms with Crippen LogP contribution in [0.25, 0.3) is 0 Å².